The summed E-state index contributed by atoms with van der Waals surface area (Å²) in [5.41, 5.74) is 0.800. The normalized spacial score (nSPS) is 10.8. The summed E-state index contributed by atoms with van der Waals surface area (Å²) in [4.78, 5) is 0. The van der Waals surface area contributed by atoms with Gasteiger partial charge in [-0.3, -0.25) is 0 Å². The number of aromatic nitrogens is 3. The molecule has 0 unspecified atom stereocenters. The standard InChI is InChI=1S/C9H16N3O3.Po/c1-2-13-3-4-14-5-6-15-8-9-7-10-12-11-9;/h7H,1-6,8H2,(H,10,11,12);. The van der Waals surface area contributed by atoms with Gasteiger partial charge in [-0.1, -0.05) is 0 Å². The maximum absolute atomic E-state index is 5.32. The molecule has 0 saturated heterocycles. The molecule has 1 heterocycles. The van der Waals surface area contributed by atoms with E-state index < -0.39 is 0 Å². The number of rotatable bonds is 10. The molecule has 1 aromatic rings. The number of hydrogen-bond donors (Lipinski definition) is 1. The van der Waals surface area contributed by atoms with Crippen molar-refractivity contribution in [3.05, 3.63) is 11.9 Å². The summed E-state index contributed by atoms with van der Waals surface area (Å²) in [7, 11) is 0. The van der Waals surface area contributed by atoms with Crippen LogP contribution in [0.4, 0.5) is 0 Å². The van der Waals surface area contributed by atoms with Gasteiger partial charge in [-0.15, -0.1) is 0 Å². The Balaban J connectivity index is 1.78. The SMILES string of the molecule is [Po][CH2]COCCOCCOCc1cn[nH]n1. The minimum Gasteiger partial charge on any atom is -0.198 e. The van der Waals surface area contributed by atoms with E-state index in [-0.39, 0.29) is 0 Å². The second kappa shape index (κ2) is 10.1. The van der Waals surface area contributed by atoms with Crippen LogP contribution in [0.3, 0.4) is 0 Å². The van der Waals surface area contributed by atoms with E-state index in [4.69, 9.17) is 14.2 Å². The fourth-order valence-corrected chi connectivity index (χ4v) is 1.43. The maximum atomic E-state index is 5.32. The van der Waals surface area contributed by atoms with Gasteiger partial charge in [0, 0.05) is 0 Å². The first kappa shape index (κ1) is 14.0. The molecular formula is C9H16N3O3Po. The Morgan fingerprint density at radius 3 is 2.38 bits per heavy atom. The number of ether oxygens (including phenoxy) is 3. The van der Waals surface area contributed by atoms with Crippen molar-refractivity contribution in [2.75, 3.05) is 33.0 Å². The molecule has 0 amide bonds. The molecule has 1 radical (unpaired) electrons. The quantitative estimate of drug-likeness (QED) is 0.535. The van der Waals surface area contributed by atoms with Crippen LogP contribution in [0.2, 0.25) is 4.08 Å². The minimum atomic E-state index is 0.467. The average molecular weight is 423 g/mol. The van der Waals surface area contributed by atoms with E-state index in [0.717, 1.165) is 16.4 Å². The first-order valence-corrected chi connectivity index (χ1v) is 7.34. The molecule has 0 fully saturated rings. The van der Waals surface area contributed by atoms with Crippen molar-refractivity contribution in [3.63, 3.8) is 0 Å². The van der Waals surface area contributed by atoms with Crippen molar-refractivity contribution in [1.29, 1.82) is 0 Å². The van der Waals surface area contributed by atoms with Gasteiger partial charge in [0.2, 0.25) is 0 Å². The van der Waals surface area contributed by atoms with Crippen LogP contribution in [0.5, 0.6) is 0 Å². The molecule has 0 aliphatic rings. The second-order valence-corrected chi connectivity index (χ2v) is 4.53. The molecule has 0 atom stereocenters. The van der Waals surface area contributed by atoms with Gasteiger partial charge in [0.1, 0.15) is 0 Å². The summed E-state index contributed by atoms with van der Waals surface area (Å²) >= 11 is 1.55. The van der Waals surface area contributed by atoms with Crippen LogP contribution in [0.15, 0.2) is 6.20 Å². The summed E-state index contributed by atoms with van der Waals surface area (Å²) in [6.45, 7) is 3.74. The van der Waals surface area contributed by atoms with Gasteiger partial charge in [0.15, 0.2) is 0 Å². The monoisotopic (exact) mass is 423 g/mol. The Hall–Kier alpha value is -0.0839. The van der Waals surface area contributed by atoms with E-state index in [1.54, 1.807) is 31.3 Å². The fraction of sp³-hybridized carbons (Fsp3) is 0.778. The molecule has 16 heavy (non-hydrogen) atoms. The zero-order chi connectivity index (χ0) is 11.5. The molecule has 0 aromatic carbocycles. The minimum absolute atomic E-state index is 0.467. The molecule has 6 nitrogen and oxygen atoms in total. The van der Waals surface area contributed by atoms with E-state index in [1.165, 1.54) is 0 Å². The molecule has 0 bridgehead atoms. The van der Waals surface area contributed by atoms with E-state index in [0.29, 0.717) is 33.0 Å². The second-order valence-electron chi connectivity index (χ2n) is 2.94. The van der Waals surface area contributed by atoms with Crippen molar-refractivity contribution in [3.8, 4) is 0 Å². The smallest absolute Gasteiger partial charge is 0.198 e. The van der Waals surface area contributed by atoms with Gasteiger partial charge in [0.25, 0.3) is 0 Å². The number of nitrogens with one attached hydrogen (secondary N) is 1. The third kappa shape index (κ3) is 7.23. The molecule has 1 rings (SSSR count). The van der Waals surface area contributed by atoms with E-state index in [2.05, 4.69) is 15.4 Å². The van der Waals surface area contributed by atoms with E-state index >= 15 is 0 Å². The van der Waals surface area contributed by atoms with Crippen molar-refractivity contribution in [2.24, 2.45) is 0 Å². The molecular weight excluding hydrogens is 407 g/mol. The Bertz CT molecular complexity index is 246. The van der Waals surface area contributed by atoms with Gasteiger partial charge in [-0.25, -0.2) is 0 Å². The molecule has 7 heteroatoms. The van der Waals surface area contributed by atoms with Gasteiger partial charge in [0.05, 0.1) is 0 Å². The average Bonchev–Trinajstić information content (AvgIpc) is 2.80. The zero-order valence-corrected chi connectivity index (χ0v) is 12.2. The molecule has 0 saturated carbocycles. The van der Waals surface area contributed by atoms with Crippen LogP contribution in [-0.4, -0.2) is 73.5 Å². The zero-order valence-electron chi connectivity index (χ0n) is 9.05. The number of aromatic amines is 1. The third-order valence-corrected chi connectivity index (χ3v) is 2.33. The van der Waals surface area contributed by atoms with Gasteiger partial charge in [-0.2, -0.15) is 10.3 Å². The first-order chi connectivity index (χ1) is 7.93. The van der Waals surface area contributed by atoms with Crippen molar-refractivity contribution in [2.45, 2.75) is 10.7 Å². The van der Waals surface area contributed by atoms with E-state index in [1.807, 2.05) is 0 Å². The van der Waals surface area contributed by atoms with Crippen molar-refractivity contribution < 1.29 is 14.2 Å². The Labute approximate surface area is 110 Å². The predicted molar refractivity (Wildman–Crippen MR) is 58.2 cm³/mol. The van der Waals surface area contributed by atoms with Gasteiger partial charge in [-0.05, 0) is 0 Å². The fourth-order valence-electron chi connectivity index (χ4n) is 0.970. The Kier molecular flexibility index (Phi) is 8.82. The molecule has 1 aromatic heterocycles. The van der Waals surface area contributed by atoms with Gasteiger partial charge >= 0.3 is 100.0 Å². The topological polar surface area (TPSA) is 69.3 Å². The van der Waals surface area contributed by atoms with Crippen molar-refractivity contribution in [1.82, 2.24) is 15.4 Å². The summed E-state index contributed by atoms with van der Waals surface area (Å²) in [5, 5.41) is 10.1. The van der Waals surface area contributed by atoms with Crippen LogP contribution < -0.4 is 0 Å². The molecule has 0 spiro atoms. The van der Waals surface area contributed by atoms with Crippen molar-refractivity contribution >= 4 is 25.1 Å². The number of H-pyrrole nitrogens is 1. The molecule has 1 N–H and O–H groups in total. The number of nitrogens with zero attached hydrogens (tertiary/aromatic N) is 2. The Morgan fingerprint density at radius 2 is 1.75 bits per heavy atom. The first-order valence-electron chi connectivity index (χ1n) is 5.09. The molecule has 91 valence electrons. The number of hydrogen-bond acceptors (Lipinski definition) is 5. The molecule has 0 aliphatic carbocycles. The summed E-state index contributed by atoms with van der Waals surface area (Å²) in [5.74, 6) is 0. The third-order valence-electron chi connectivity index (χ3n) is 1.69. The summed E-state index contributed by atoms with van der Waals surface area (Å²) in [6.07, 6.45) is 1.64. The van der Waals surface area contributed by atoms with E-state index in [9.17, 15) is 0 Å². The van der Waals surface area contributed by atoms with Crippen LogP contribution >= 0.6 is 0 Å². The van der Waals surface area contributed by atoms with Gasteiger partial charge < -0.3 is 0 Å². The molecule has 0 aliphatic heterocycles. The van der Waals surface area contributed by atoms with Crippen LogP contribution in [0.1, 0.15) is 5.69 Å². The predicted octanol–water partition coefficient (Wildman–Crippen LogP) is -0.0587. The van der Waals surface area contributed by atoms with Crippen LogP contribution in [0, 0.1) is 0 Å². The summed E-state index contributed by atoms with van der Waals surface area (Å²) < 4.78 is 17.0. The Morgan fingerprint density at radius 1 is 1.06 bits per heavy atom. The summed E-state index contributed by atoms with van der Waals surface area (Å²) in [6, 6.07) is 0. The van der Waals surface area contributed by atoms with Crippen LogP contribution in [0.25, 0.3) is 0 Å². The van der Waals surface area contributed by atoms with Crippen LogP contribution in [-0.2, 0) is 20.8 Å².